The van der Waals surface area contributed by atoms with Crippen LogP contribution in [0.4, 0.5) is 5.69 Å². The molecule has 200 valence electrons. The van der Waals surface area contributed by atoms with Crippen LogP contribution in [0.3, 0.4) is 0 Å². The number of nitrogens with one attached hydrogen (secondary N) is 3. The van der Waals surface area contributed by atoms with E-state index >= 15 is 0 Å². The number of aromatic nitrogens is 1. The lowest BCUT2D eigenvalue weighted by Crippen LogP contribution is -2.48. The van der Waals surface area contributed by atoms with Gasteiger partial charge in [0.15, 0.2) is 5.78 Å². The highest BCUT2D eigenvalue weighted by molar-refractivity contribution is 6.02. The van der Waals surface area contributed by atoms with Gasteiger partial charge in [0.05, 0.1) is 12.8 Å². The molecule has 1 aliphatic heterocycles. The molecular weight excluding hydrogens is 484 g/mol. The minimum atomic E-state index is -0.978. The van der Waals surface area contributed by atoms with Crippen LogP contribution in [0.15, 0.2) is 48.5 Å². The molecule has 4 rings (SSSR count). The number of hydrogen-bond acceptors (Lipinski definition) is 5. The second-order valence-corrected chi connectivity index (χ2v) is 10.3. The van der Waals surface area contributed by atoms with Crippen LogP contribution in [0.5, 0.6) is 5.75 Å². The molecule has 3 aromatic rings. The maximum Gasteiger partial charge on any atom is 0.240 e. The fourth-order valence-electron chi connectivity index (χ4n) is 5.17. The summed E-state index contributed by atoms with van der Waals surface area (Å²) in [4.78, 5) is 54.4. The lowest BCUT2D eigenvalue weighted by Gasteiger charge is -2.29. The highest BCUT2D eigenvalue weighted by atomic mass is 16.5. The standard InChI is InChI=1S/C29H34N4O5/c1-16(2)11-18(13-25(34)23-15-20-22(31-23)9-6-10-26(20)38-3)29(37)33-24(28(30)36)12-17-14-27(35)32-21-8-5-4-7-19(17)21/h4-10,15-18,24,31H,11-14H2,1-3H3,(H2,30,36)(H,32,35)(H,33,37)/t17?,18-,24?/m1/s1. The first-order valence-electron chi connectivity index (χ1n) is 12.8. The Morgan fingerprint density at radius 1 is 1.13 bits per heavy atom. The Bertz CT molecular complexity index is 1360. The summed E-state index contributed by atoms with van der Waals surface area (Å²) < 4.78 is 5.39. The van der Waals surface area contributed by atoms with E-state index < -0.39 is 23.8 Å². The highest BCUT2D eigenvalue weighted by Gasteiger charge is 2.32. The molecular formula is C29H34N4O5. The van der Waals surface area contributed by atoms with Crippen LogP contribution in [-0.2, 0) is 14.4 Å². The molecule has 0 fully saturated rings. The van der Waals surface area contributed by atoms with E-state index in [1.807, 2.05) is 50.2 Å². The van der Waals surface area contributed by atoms with Crippen LogP contribution >= 0.6 is 0 Å². The van der Waals surface area contributed by atoms with Crippen molar-refractivity contribution >= 4 is 40.1 Å². The van der Waals surface area contributed by atoms with E-state index in [9.17, 15) is 19.2 Å². The average Bonchev–Trinajstić information content (AvgIpc) is 3.32. The van der Waals surface area contributed by atoms with Gasteiger partial charge in [-0.25, -0.2) is 0 Å². The zero-order chi connectivity index (χ0) is 27.4. The Morgan fingerprint density at radius 3 is 2.61 bits per heavy atom. The summed E-state index contributed by atoms with van der Waals surface area (Å²) in [6.45, 7) is 3.95. The number of H-pyrrole nitrogens is 1. The van der Waals surface area contributed by atoms with Gasteiger partial charge in [0.25, 0.3) is 0 Å². The number of ether oxygens (including phenoxy) is 1. The number of carbonyl (C=O) groups excluding carboxylic acids is 4. The molecule has 2 heterocycles. The van der Waals surface area contributed by atoms with E-state index in [4.69, 9.17) is 10.5 Å². The summed E-state index contributed by atoms with van der Waals surface area (Å²) in [6, 6.07) is 13.7. The Labute approximate surface area is 221 Å². The number of ketones is 1. The molecule has 0 saturated heterocycles. The fourth-order valence-corrected chi connectivity index (χ4v) is 5.17. The number of aromatic amines is 1. The van der Waals surface area contributed by atoms with E-state index in [0.717, 1.165) is 16.5 Å². The number of fused-ring (bicyclic) bond motifs is 2. The van der Waals surface area contributed by atoms with Crippen molar-refractivity contribution in [2.24, 2.45) is 17.6 Å². The van der Waals surface area contributed by atoms with Crippen LogP contribution in [0, 0.1) is 11.8 Å². The largest absolute Gasteiger partial charge is 0.496 e. The third-order valence-electron chi connectivity index (χ3n) is 6.99. The highest BCUT2D eigenvalue weighted by Crippen LogP contribution is 2.35. The van der Waals surface area contributed by atoms with E-state index in [2.05, 4.69) is 15.6 Å². The number of carbonyl (C=O) groups is 4. The summed E-state index contributed by atoms with van der Waals surface area (Å²) in [5.41, 5.74) is 8.44. The second kappa shape index (κ2) is 11.5. The third-order valence-corrected chi connectivity index (χ3v) is 6.99. The Kier molecular flexibility index (Phi) is 8.14. The lowest BCUT2D eigenvalue weighted by molar-refractivity contribution is -0.130. The zero-order valence-corrected chi connectivity index (χ0v) is 21.9. The average molecular weight is 519 g/mol. The molecule has 9 nitrogen and oxygen atoms in total. The molecule has 0 radical (unpaired) electrons. The van der Waals surface area contributed by atoms with Crippen LogP contribution in [0.1, 0.15) is 61.5 Å². The van der Waals surface area contributed by atoms with Crippen molar-refractivity contribution in [1.29, 1.82) is 0 Å². The first-order chi connectivity index (χ1) is 18.2. The van der Waals surface area contributed by atoms with E-state index in [1.165, 1.54) is 0 Å². The van der Waals surface area contributed by atoms with Crippen molar-refractivity contribution in [2.75, 3.05) is 12.4 Å². The fraction of sp³-hybridized carbons (Fsp3) is 0.379. The van der Waals surface area contributed by atoms with Gasteiger partial charge in [-0.1, -0.05) is 38.1 Å². The predicted octanol–water partition coefficient (Wildman–Crippen LogP) is 3.90. The Hall–Kier alpha value is -4.14. The molecule has 38 heavy (non-hydrogen) atoms. The van der Waals surface area contributed by atoms with Gasteiger partial charge >= 0.3 is 0 Å². The van der Waals surface area contributed by atoms with E-state index in [0.29, 0.717) is 23.6 Å². The van der Waals surface area contributed by atoms with Crippen LogP contribution in [0.25, 0.3) is 10.9 Å². The minimum absolute atomic E-state index is 0.0285. The number of para-hydroxylation sites is 1. The molecule has 0 spiro atoms. The van der Waals surface area contributed by atoms with Gasteiger partial charge in [0.1, 0.15) is 11.8 Å². The molecule has 3 amide bonds. The van der Waals surface area contributed by atoms with Gasteiger partial charge in [0, 0.05) is 35.3 Å². The summed E-state index contributed by atoms with van der Waals surface area (Å²) in [7, 11) is 1.57. The number of primary amides is 1. The monoisotopic (exact) mass is 518 g/mol. The second-order valence-electron chi connectivity index (χ2n) is 10.3. The zero-order valence-electron chi connectivity index (χ0n) is 21.9. The van der Waals surface area contributed by atoms with Crippen LogP contribution in [0.2, 0.25) is 0 Å². The molecule has 1 aliphatic rings. The summed E-state index contributed by atoms with van der Waals surface area (Å²) in [6.07, 6.45) is 0.810. The number of nitrogens with two attached hydrogens (primary N) is 1. The predicted molar refractivity (Wildman–Crippen MR) is 145 cm³/mol. The van der Waals surface area contributed by atoms with E-state index in [1.54, 1.807) is 19.2 Å². The van der Waals surface area contributed by atoms with Gasteiger partial charge in [-0.3, -0.25) is 19.2 Å². The lowest BCUT2D eigenvalue weighted by atomic mass is 9.85. The summed E-state index contributed by atoms with van der Waals surface area (Å²) in [5.74, 6) is -1.58. The number of rotatable bonds is 11. The topological polar surface area (TPSA) is 143 Å². The molecule has 2 aromatic carbocycles. The number of anilines is 1. The van der Waals surface area contributed by atoms with Crippen molar-refractivity contribution in [3.05, 3.63) is 59.8 Å². The molecule has 1 aromatic heterocycles. The molecule has 3 atom stereocenters. The number of benzene rings is 2. The van der Waals surface area contributed by atoms with Gasteiger partial charge in [-0.2, -0.15) is 0 Å². The molecule has 0 aliphatic carbocycles. The van der Waals surface area contributed by atoms with E-state index in [-0.39, 0.29) is 42.8 Å². The maximum absolute atomic E-state index is 13.4. The van der Waals surface area contributed by atoms with Crippen molar-refractivity contribution in [3.63, 3.8) is 0 Å². The van der Waals surface area contributed by atoms with Crippen molar-refractivity contribution in [2.45, 2.75) is 51.5 Å². The van der Waals surface area contributed by atoms with Crippen molar-refractivity contribution < 1.29 is 23.9 Å². The van der Waals surface area contributed by atoms with Crippen LogP contribution < -0.4 is 21.1 Å². The Morgan fingerprint density at radius 2 is 1.89 bits per heavy atom. The van der Waals surface area contributed by atoms with Crippen LogP contribution in [-0.4, -0.2) is 41.6 Å². The maximum atomic E-state index is 13.4. The quantitative estimate of drug-likeness (QED) is 0.285. The van der Waals surface area contributed by atoms with Gasteiger partial charge in [-0.05, 0) is 54.5 Å². The molecule has 0 saturated carbocycles. The Balaban J connectivity index is 1.50. The minimum Gasteiger partial charge on any atom is -0.496 e. The SMILES string of the molecule is COc1cccc2[nH]c(C(=O)C[C@@H](CC(C)C)C(=O)NC(CC3CC(=O)Nc4ccccc43)C(N)=O)cc12. The number of methoxy groups -OCH3 is 1. The summed E-state index contributed by atoms with van der Waals surface area (Å²) >= 11 is 0. The molecule has 0 bridgehead atoms. The van der Waals surface area contributed by atoms with Gasteiger partial charge < -0.3 is 26.1 Å². The normalized spacial score (nSPS) is 16.4. The first kappa shape index (κ1) is 26.9. The third kappa shape index (κ3) is 6.04. The summed E-state index contributed by atoms with van der Waals surface area (Å²) in [5, 5.41) is 6.41. The van der Waals surface area contributed by atoms with Crippen molar-refractivity contribution in [3.8, 4) is 5.75 Å². The first-order valence-corrected chi connectivity index (χ1v) is 12.8. The molecule has 9 heteroatoms. The number of hydrogen-bond donors (Lipinski definition) is 4. The smallest absolute Gasteiger partial charge is 0.240 e. The molecule has 2 unspecified atom stereocenters. The van der Waals surface area contributed by atoms with Gasteiger partial charge in [-0.15, -0.1) is 0 Å². The molecule has 5 N–H and O–H groups in total. The number of amides is 3. The number of Topliss-reactive ketones (excluding diaryl/α,β-unsaturated/α-hetero) is 1. The van der Waals surface area contributed by atoms with Crippen molar-refractivity contribution in [1.82, 2.24) is 10.3 Å². The van der Waals surface area contributed by atoms with Gasteiger partial charge in [0.2, 0.25) is 17.7 Å².